The number of hydrogen-bond donors (Lipinski definition) is 2. The molecule has 1 heterocycles. The summed E-state index contributed by atoms with van der Waals surface area (Å²) in [4.78, 5) is 17.1. The van der Waals surface area contributed by atoms with Gasteiger partial charge in [-0.05, 0) is 26.9 Å². The third kappa shape index (κ3) is 6.09. The Morgan fingerprint density at radius 2 is 1.81 bits per heavy atom. The minimum absolute atomic E-state index is 0.306. The van der Waals surface area contributed by atoms with Gasteiger partial charge in [-0.3, -0.25) is 5.43 Å². The number of nitrogen functional groups attached to an aromatic ring is 1. The van der Waals surface area contributed by atoms with Crippen LogP contribution in [0.1, 0.15) is 26.7 Å². The van der Waals surface area contributed by atoms with Crippen LogP contribution >= 0.6 is 0 Å². The molecule has 3 N–H and O–H groups in total. The minimum Gasteiger partial charge on any atom is -0.463 e. The summed E-state index contributed by atoms with van der Waals surface area (Å²) in [5.74, 6) is 6.33. The van der Waals surface area contributed by atoms with E-state index in [9.17, 15) is 0 Å². The van der Waals surface area contributed by atoms with Crippen LogP contribution in [0.2, 0.25) is 0 Å². The van der Waals surface area contributed by atoms with Crippen molar-refractivity contribution >= 4 is 11.9 Å². The quantitative estimate of drug-likeness (QED) is 0.482. The van der Waals surface area contributed by atoms with Crippen LogP contribution in [0.4, 0.5) is 11.9 Å². The monoisotopic (exact) mass is 297 g/mol. The van der Waals surface area contributed by atoms with Crippen molar-refractivity contribution < 1.29 is 4.74 Å². The summed E-state index contributed by atoms with van der Waals surface area (Å²) in [5.41, 5.74) is 2.47. The number of nitrogens with zero attached hydrogens (tertiary/aromatic N) is 5. The van der Waals surface area contributed by atoms with Crippen LogP contribution in [0.5, 0.6) is 6.01 Å². The van der Waals surface area contributed by atoms with Crippen molar-refractivity contribution in [3.05, 3.63) is 0 Å². The third-order valence-corrected chi connectivity index (χ3v) is 2.76. The van der Waals surface area contributed by atoms with Crippen LogP contribution in [0.3, 0.4) is 0 Å². The average Bonchev–Trinajstić information content (AvgIpc) is 2.48. The van der Waals surface area contributed by atoms with E-state index in [1.807, 2.05) is 21.0 Å². The zero-order valence-electron chi connectivity index (χ0n) is 13.5. The summed E-state index contributed by atoms with van der Waals surface area (Å²) in [6, 6.07) is 0.306. The Morgan fingerprint density at radius 3 is 2.38 bits per heavy atom. The number of hydrogen-bond acceptors (Lipinski definition) is 8. The second kappa shape index (κ2) is 9.30. The van der Waals surface area contributed by atoms with E-state index in [0.717, 1.165) is 32.5 Å². The first-order valence-electron chi connectivity index (χ1n) is 7.35. The number of hydrazine groups is 1. The lowest BCUT2D eigenvalue weighted by molar-refractivity contribution is 0.291. The largest absolute Gasteiger partial charge is 0.463 e. The molecule has 0 unspecified atom stereocenters. The lowest BCUT2D eigenvalue weighted by Crippen LogP contribution is -2.34. The van der Waals surface area contributed by atoms with Crippen LogP contribution in [-0.2, 0) is 0 Å². The van der Waals surface area contributed by atoms with Gasteiger partial charge < -0.3 is 14.5 Å². The number of aromatic nitrogens is 3. The van der Waals surface area contributed by atoms with E-state index in [-0.39, 0.29) is 0 Å². The molecule has 0 atom stereocenters. The fourth-order valence-corrected chi connectivity index (χ4v) is 1.71. The predicted octanol–water partition coefficient (Wildman–Crippen LogP) is 0.724. The highest BCUT2D eigenvalue weighted by atomic mass is 16.5. The van der Waals surface area contributed by atoms with Gasteiger partial charge >= 0.3 is 6.01 Å². The van der Waals surface area contributed by atoms with Gasteiger partial charge in [0, 0.05) is 19.6 Å². The Balaban J connectivity index is 2.93. The Kier molecular flexibility index (Phi) is 7.70. The molecule has 1 rings (SSSR count). The molecular weight excluding hydrogens is 270 g/mol. The summed E-state index contributed by atoms with van der Waals surface area (Å²) in [7, 11) is 4.08. The molecule has 0 saturated carbocycles. The smallest absolute Gasteiger partial charge is 0.323 e. The van der Waals surface area contributed by atoms with Crippen molar-refractivity contribution in [2.45, 2.75) is 26.7 Å². The molecule has 8 heteroatoms. The van der Waals surface area contributed by atoms with Gasteiger partial charge in [0.25, 0.3) is 0 Å². The van der Waals surface area contributed by atoms with Gasteiger partial charge in [-0.15, -0.1) is 0 Å². The zero-order valence-corrected chi connectivity index (χ0v) is 13.5. The topological polar surface area (TPSA) is 92.4 Å². The second-order valence-electron chi connectivity index (χ2n) is 5.02. The molecular formula is C13H27N7O. The molecule has 0 aliphatic carbocycles. The minimum atomic E-state index is 0.306. The second-order valence-corrected chi connectivity index (χ2v) is 5.02. The Bertz CT molecular complexity index is 414. The summed E-state index contributed by atoms with van der Waals surface area (Å²) < 4.78 is 5.50. The summed E-state index contributed by atoms with van der Waals surface area (Å²) in [5, 5.41) is 0. The maximum atomic E-state index is 5.50. The Hall–Kier alpha value is -1.67. The SMILES string of the molecule is CCCOc1nc(NN)nc(N(CCC)CCN(C)C)n1. The van der Waals surface area contributed by atoms with Crippen molar-refractivity contribution in [2.75, 3.05) is 50.7 Å². The first kappa shape index (κ1) is 17.4. The van der Waals surface area contributed by atoms with Crippen molar-refractivity contribution in [3.8, 4) is 6.01 Å². The lowest BCUT2D eigenvalue weighted by atomic mass is 10.4. The summed E-state index contributed by atoms with van der Waals surface area (Å²) in [6.45, 7) is 7.35. The van der Waals surface area contributed by atoms with E-state index in [1.165, 1.54) is 0 Å². The Morgan fingerprint density at radius 1 is 1.05 bits per heavy atom. The van der Waals surface area contributed by atoms with Gasteiger partial charge in [0.2, 0.25) is 11.9 Å². The Labute approximate surface area is 126 Å². The maximum absolute atomic E-state index is 5.50. The van der Waals surface area contributed by atoms with E-state index in [1.54, 1.807) is 0 Å². The van der Waals surface area contributed by atoms with Gasteiger partial charge in [-0.2, -0.15) is 15.0 Å². The van der Waals surface area contributed by atoms with Crippen molar-refractivity contribution in [1.82, 2.24) is 19.9 Å². The average molecular weight is 297 g/mol. The van der Waals surface area contributed by atoms with Gasteiger partial charge in [-0.25, -0.2) is 5.84 Å². The first-order valence-corrected chi connectivity index (χ1v) is 7.35. The normalized spacial score (nSPS) is 10.8. The number of likely N-dealkylation sites (N-methyl/N-ethyl adjacent to an activating group) is 1. The molecule has 0 amide bonds. The summed E-state index contributed by atoms with van der Waals surface area (Å²) >= 11 is 0. The lowest BCUT2D eigenvalue weighted by Gasteiger charge is -2.24. The number of ether oxygens (including phenoxy) is 1. The van der Waals surface area contributed by atoms with Crippen molar-refractivity contribution in [2.24, 2.45) is 5.84 Å². The van der Waals surface area contributed by atoms with Crippen molar-refractivity contribution in [1.29, 1.82) is 0 Å². The number of nitrogens with one attached hydrogen (secondary N) is 1. The molecule has 1 aromatic rings. The molecule has 21 heavy (non-hydrogen) atoms. The van der Waals surface area contributed by atoms with Gasteiger partial charge in [0.1, 0.15) is 0 Å². The van der Waals surface area contributed by atoms with E-state index in [0.29, 0.717) is 24.5 Å². The van der Waals surface area contributed by atoms with Gasteiger partial charge in [0.05, 0.1) is 6.61 Å². The molecule has 0 saturated heterocycles. The zero-order chi connectivity index (χ0) is 15.7. The van der Waals surface area contributed by atoms with Crippen LogP contribution in [0, 0.1) is 0 Å². The highest BCUT2D eigenvalue weighted by Gasteiger charge is 2.13. The standard InChI is InChI=1S/C13H27N7O/c1-5-7-20(9-8-19(3)4)12-15-11(18-14)16-13(17-12)21-10-6-2/h5-10,14H2,1-4H3,(H,15,16,17,18). The molecule has 1 aromatic heterocycles. The highest BCUT2D eigenvalue weighted by Crippen LogP contribution is 2.15. The molecule has 8 nitrogen and oxygen atoms in total. The van der Waals surface area contributed by atoms with E-state index >= 15 is 0 Å². The molecule has 0 aromatic carbocycles. The number of rotatable bonds is 10. The van der Waals surface area contributed by atoms with E-state index < -0.39 is 0 Å². The molecule has 0 spiro atoms. The number of anilines is 2. The predicted molar refractivity (Wildman–Crippen MR) is 84.5 cm³/mol. The van der Waals surface area contributed by atoms with Crippen molar-refractivity contribution in [3.63, 3.8) is 0 Å². The van der Waals surface area contributed by atoms with Crippen LogP contribution in [-0.4, -0.2) is 60.2 Å². The maximum Gasteiger partial charge on any atom is 0.323 e. The van der Waals surface area contributed by atoms with Crippen LogP contribution in [0.15, 0.2) is 0 Å². The van der Waals surface area contributed by atoms with Crippen LogP contribution in [0.25, 0.3) is 0 Å². The third-order valence-electron chi connectivity index (χ3n) is 2.76. The van der Waals surface area contributed by atoms with E-state index in [2.05, 4.69) is 37.1 Å². The molecule has 0 bridgehead atoms. The highest BCUT2D eigenvalue weighted by molar-refractivity contribution is 5.37. The number of nitrogens with two attached hydrogens (primary N) is 1. The fourth-order valence-electron chi connectivity index (χ4n) is 1.71. The first-order chi connectivity index (χ1) is 10.1. The van der Waals surface area contributed by atoms with E-state index in [4.69, 9.17) is 10.6 Å². The summed E-state index contributed by atoms with van der Waals surface area (Å²) in [6.07, 6.45) is 1.90. The van der Waals surface area contributed by atoms with Gasteiger partial charge in [0.15, 0.2) is 0 Å². The molecule has 0 fully saturated rings. The fraction of sp³-hybridized carbons (Fsp3) is 0.769. The molecule has 0 aliphatic heterocycles. The van der Waals surface area contributed by atoms with Gasteiger partial charge in [-0.1, -0.05) is 13.8 Å². The van der Waals surface area contributed by atoms with Crippen LogP contribution < -0.4 is 20.9 Å². The molecule has 0 radical (unpaired) electrons. The molecule has 120 valence electrons. The molecule has 0 aliphatic rings.